The summed E-state index contributed by atoms with van der Waals surface area (Å²) >= 11 is 1.71. The highest BCUT2D eigenvalue weighted by Crippen LogP contribution is 2.51. The molecular weight excluding hydrogens is 289 g/mol. The van der Waals surface area contributed by atoms with Crippen molar-refractivity contribution < 1.29 is 14.3 Å². The summed E-state index contributed by atoms with van der Waals surface area (Å²) in [6.07, 6.45) is 3.91. The molecule has 1 fully saturated rings. The SMILES string of the molecule is O=C(O)CC1(CSCc2ccc(F)c3cccnc23)CC1. The number of rotatable bonds is 6. The lowest BCUT2D eigenvalue weighted by Gasteiger charge is -2.12. The van der Waals surface area contributed by atoms with Gasteiger partial charge in [-0.15, -0.1) is 0 Å². The molecule has 110 valence electrons. The summed E-state index contributed by atoms with van der Waals surface area (Å²) in [4.78, 5) is 15.1. The maximum atomic E-state index is 13.7. The van der Waals surface area contributed by atoms with E-state index < -0.39 is 5.97 Å². The summed E-state index contributed by atoms with van der Waals surface area (Å²) in [6, 6.07) is 6.71. The Hall–Kier alpha value is -1.62. The van der Waals surface area contributed by atoms with Crippen molar-refractivity contribution in [3.63, 3.8) is 0 Å². The molecule has 0 radical (unpaired) electrons. The van der Waals surface area contributed by atoms with E-state index in [0.29, 0.717) is 10.9 Å². The van der Waals surface area contributed by atoms with Crippen molar-refractivity contribution in [3.8, 4) is 0 Å². The van der Waals surface area contributed by atoms with Gasteiger partial charge < -0.3 is 5.11 Å². The summed E-state index contributed by atoms with van der Waals surface area (Å²) < 4.78 is 13.7. The third-order valence-corrected chi connectivity index (χ3v) is 5.28. The summed E-state index contributed by atoms with van der Waals surface area (Å²) in [5, 5.41) is 9.46. The number of benzene rings is 1. The molecule has 0 aliphatic heterocycles. The van der Waals surface area contributed by atoms with Crippen LogP contribution in [0.4, 0.5) is 4.39 Å². The number of pyridine rings is 1. The Balaban J connectivity index is 1.69. The zero-order valence-electron chi connectivity index (χ0n) is 11.5. The summed E-state index contributed by atoms with van der Waals surface area (Å²) in [5.41, 5.74) is 1.69. The van der Waals surface area contributed by atoms with Crippen molar-refractivity contribution in [2.24, 2.45) is 5.41 Å². The first-order chi connectivity index (χ1) is 10.1. The molecule has 0 bridgehead atoms. The van der Waals surface area contributed by atoms with Gasteiger partial charge in [0.1, 0.15) is 5.82 Å². The largest absolute Gasteiger partial charge is 0.481 e. The van der Waals surface area contributed by atoms with Crippen LogP contribution >= 0.6 is 11.8 Å². The molecule has 3 rings (SSSR count). The fourth-order valence-corrected chi connectivity index (χ4v) is 3.94. The number of thioether (sulfide) groups is 1. The van der Waals surface area contributed by atoms with Gasteiger partial charge in [0.25, 0.3) is 0 Å². The van der Waals surface area contributed by atoms with E-state index in [1.165, 1.54) is 6.07 Å². The molecule has 1 N–H and O–H groups in total. The van der Waals surface area contributed by atoms with Gasteiger partial charge in [0.2, 0.25) is 0 Å². The van der Waals surface area contributed by atoms with E-state index in [9.17, 15) is 9.18 Å². The second-order valence-electron chi connectivity index (χ2n) is 5.67. The lowest BCUT2D eigenvalue weighted by atomic mass is 10.1. The molecule has 0 spiro atoms. The van der Waals surface area contributed by atoms with Gasteiger partial charge in [-0.3, -0.25) is 9.78 Å². The molecule has 1 aliphatic rings. The number of carboxylic acid groups (broad SMARTS) is 1. The van der Waals surface area contributed by atoms with E-state index in [-0.39, 0.29) is 17.7 Å². The molecule has 0 saturated heterocycles. The predicted octanol–water partition coefficient (Wildman–Crippen LogP) is 3.86. The minimum atomic E-state index is -0.720. The first kappa shape index (κ1) is 14.3. The molecule has 2 aromatic rings. The molecule has 5 heteroatoms. The van der Waals surface area contributed by atoms with Gasteiger partial charge in [0.15, 0.2) is 0 Å². The van der Waals surface area contributed by atoms with Gasteiger partial charge in [-0.05, 0) is 47.8 Å². The Morgan fingerprint density at radius 1 is 1.38 bits per heavy atom. The zero-order chi connectivity index (χ0) is 14.9. The van der Waals surface area contributed by atoms with Crippen LogP contribution in [0.3, 0.4) is 0 Å². The van der Waals surface area contributed by atoms with Crippen molar-refractivity contribution in [2.75, 3.05) is 5.75 Å². The maximum absolute atomic E-state index is 13.7. The molecular formula is C16H16FNO2S. The van der Waals surface area contributed by atoms with Gasteiger partial charge in [-0.25, -0.2) is 4.39 Å². The Morgan fingerprint density at radius 3 is 2.90 bits per heavy atom. The normalized spacial score (nSPS) is 16.0. The van der Waals surface area contributed by atoms with Gasteiger partial charge in [-0.1, -0.05) is 6.07 Å². The number of hydrogen-bond donors (Lipinski definition) is 1. The van der Waals surface area contributed by atoms with Gasteiger partial charge in [0, 0.05) is 17.3 Å². The molecule has 1 aromatic carbocycles. The predicted molar refractivity (Wildman–Crippen MR) is 81.8 cm³/mol. The first-order valence-corrected chi connectivity index (χ1v) is 8.07. The van der Waals surface area contributed by atoms with E-state index in [4.69, 9.17) is 5.11 Å². The maximum Gasteiger partial charge on any atom is 0.303 e. The van der Waals surface area contributed by atoms with Crippen LogP contribution in [0.5, 0.6) is 0 Å². The molecule has 1 heterocycles. The van der Waals surface area contributed by atoms with Crippen LogP contribution in [0.2, 0.25) is 0 Å². The summed E-state index contributed by atoms with van der Waals surface area (Å²) in [7, 11) is 0. The quantitative estimate of drug-likeness (QED) is 0.880. The van der Waals surface area contributed by atoms with Crippen LogP contribution in [0.1, 0.15) is 24.8 Å². The lowest BCUT2D eigenvalue weighted by molar-refractivity contribution is -0.138. The number of nitrogens with zero attached hydrogens (tertiary/aromatic N) is 1. The Labute approximate surface area is 126 Å². The van der Waals surface area contributed by atoms with Gasteiger partial charge >= 0.3 is 5.97 Å². The van der Waals surface area contributed by atoms with E-state index in [1.54, 1.807) is 36.2 Å². The number of halogens is 1. The second-order valence-corrected chi connectivity index (χ2v) is 6.65. The highest BCUT2D eigenvalue weighted by atomic mass is 32.2. The number of hydrogen-bond acceptors (Lipinski definition) is 3. The molecule has 3 nitrogen and oxygen atoms in total. The Morgan fingerprint density at radius 2 is 2.19 bits per heavy atom. The van der Waals surface area contributed by atoms with Gasteiger partial charge in [-0.2, -0.15) is 11.8 Å². The van der Waals surface area contributed by atoms with Crippen molar-refractivity contribution in [1.82, 2.24) is 4.98 Å². The van der Waals surface area contributed by atoms with Crippen molar-refractivity contribution in [3.05, 3.63) is 41.8 Å². The Kier molecular flexibility index (Phi) is 3.85. The van der Waals surface area contributed by atoms with Crippen molar-refractivity contribution in [2.45, 2.75) is 25.0 Å². The number of aliphatic carboxylic acids is 1. The zero-order valence-corrected chi connectivity index (χ0v) is 12.3. The van der Waals surface area contributed by atoms with E-state index in [1.807, 2.05) is 0 Å². The lowest BCUT2D eigenvalue weighted by Crippen LogP contribution is -2.11. The second kappa shape index (κ2) is 5.64. The molecule has 0 atom stereocenters. The third-order valence-electron chi connectivity index (χ3n) is 3.95. The van der Waals surface area contributed by atoms with E-state index >= 15 is 0 Å². The smallest absolute Gasteiger partial charge is 0.303 e. The standard InChI is InChI=1S/C16H16FNO2S/c17-13-4-3-11(15-12(13)2-1-7-18-15)9-21-10-16(5-6-16)8-14(19)20/h1-4,7H,5-6,8-10H2,(H,19,20). The van der Waals surface area contributed by atoms with Gasteiger partial charge in [0.05, 0.1) is 11.9 Å². The topological polar surface area (TPSA) is 50.2 Å². The van der Waals surface area contributed by atoms with Crippen LogP contribution in [-0.2, 0) is 10.5 Å². The van der Waals surface area contributed by atoms with Crippen LogP contribution in [0, 0.1) is 11.2 Å². The number of fused-ring (bicyclic) bond motifs is 1. The minimum absolute atomic E-state index is 0.0141. The van der Waals surface area contributed by atoms with Crippen LogP contribution in [-0.4, -0.2) is 21.8 Å². The average Bonchev–Trinajstić information content (AvgIpc) is 3.21. The van der Waals surface area contributed by atoms with E-state index in [0.717, 1.165) is 29.9 Å². The molecule has 1 saturated carbocycles. The first-order valence-electron chi connectivity index (χ1n) is 6.91. The fraction of sp³-hybridized carbons (Fsp3) is 0.375. The summed E-state index contributed by atoms with van der Waals surface area (Å²) in [5.74, 6) is 0.596. The van der Waals surface area contributed by atoms with Crippen LogP contribution in [0.15, 0.2) is 30.5 Å². The van der Waals surface area contributed by atoms with Crippen molar-refractivity contribution >= 4 is 28.6 Å². The fourth-order valence-electron chi connectivity index (χ4n) is 2.56. The monoisotopic (exact) mass is 305 g/mol. The third kappa shape index (κ3) is 3.18. The minimum Gasteiger partial charge on any atom is -0.481 e. The Bertz CT molecular complexity index is 685. The molecule has 0 amide bonds. The number of aromatic nitrogens is 1. The van der Waals surface area contributed by atoms with Crippen LogP contribution < -0.4 is 0 Å². The highest BCUT2D eigenvalue weighted by Gasteiger charge is 2.44. The van der Waals surface area contributed by atoms with Crippen LogP contribution in [0.25, 0.3) is 10.9 Å². The molecule has 1 aliphatic carbocycles. The summed E-state index contributed by atoms with van der Waals surface area (Å²) in [6.45, 7) is 0. The highest BCUT2D eigenvalue weighted by molar-refractivity contribution is 7.98. The molecule has 21 heavy (non-hydrogen) atoms. The number of carbonyl (C=O) groups is 1. The average molecular weight is 305 g/mol. The van der Waals surface area contributed by atoms with E-state index in [2.05, 4.69) is 4.98 Å². The molecule has 0 unspecified atom stereocenters. The van der Waals surface area contributed by atoms with Crippen molar-refractivity contribution in [1.29, 1.82) is 0 Å². The number of carboxylic acids is 1. The molecule has 1 aromatic heterocycles.